The van der Waals surface area contributed by atoms with Crippen molar-refractivity contribution in [1.29, 1.82) is 0 Å². The SMILES string of the molecule is CC(C)Oc1ccc(C=NNCc2ccccc2)cc1Cl. The van der Waals surface area contributed by atoms with Crippen LogP contribution in [0.25, 0.3) is 0 Å². The van der Waals surface area contributed by atoms with Crippen molar-refractivity contribution in [3.63, 3.8) is 0 Å². The predicted molar refractivity (Wildman–Crippen MR) is 88.1 cm³/mol. The highest BCUT2D eigenvalue weighted by Gasteiger charge is 2.03. The Hall–Kier alpha value is -2.00. The molecule has 1 N–H and O–H groups in total. The van der Waals surface area contributed by atoms with Crippen molar-refractivity contribution in [3.8, 4) is 5.75 Å². The lowest BCUT2D eigenvalue weighted by Crippen LogP contribution is -2.06. The standard InChI is InChI=1S/C17H19ClN2O/c1-13(2)21-17-9-8-15(10-16(17)18)12-20-19-11-14-6-4-3-5-7-14/h3-10,12-13,19H,11H2,1-2H3. The first-order valence-electron chi connectivity index (χ1n) is 6.91. The Balaban J connectivity index is 1.90. The van der Waals surface area contributed by atoms with Gasteiger partial charge in [-0.25, -0.2) is 0 Å². The molecule has 3 nitrogen and oxygen atoms in total. The Bertz CT molecular complexity index is 597. The summed E-state index contributed by atoms with van der Waals surface area (Å²) in [7, 11) is 0. The summed E-state index contributed by atoms with van der Waals surface area (Å²) in [5.74, 6) is 0.695. The largest absolute Gasteiger partial charge is 0.489 e. The molecule has 0 aliphatic carbocycles. The van der Waals surface area contributed by atoms with E-state index in [0.717, 1.165) is 5.56 Å². The van der Waals surface area contributed by atoms with Crippen LogP contribution in [0.3, 0.4) is 0 Å². The Labute approximate surface area is 130 Å². The number of ether oxygens (including phenoxy) is 1. The first-order valence-corrected chi connectivity index (χ1v) is 7.29. The van der Waals surface area contributed by atoms with Crippen LogP contribution in [0.1, 0.15) is 25.0 Å². The van der Waals surface area contributed by atoms with E-state index < -0.39 is 0 Å². The summed E-state index contributed by atoms with van der Waals surface area (Å²) in [5, 5.41) is 4.79. The van der Waals surface area contributed by atoms with Crippen LogP contribution in [0, 0.1) is 0 Å². The van der Waals surface area contributed by atoms with E-state index in [1.54, 1.807) is 6.21 Å². The van der Waals surface area contributed by atoms with Crippen LogP contribution < -0.4 is 10.2 Å². The van der Waals surface area contributed by atoms with E-state index in [2.05, 4.69) is 22.7 Å². The molecule has 0 saturated heterocycles. The molecule has 0 spiro atoms. The van der Waals surface area contributed by atoms with Crippen LogP contribution in [0.5, 0.6) is 5.75 Å². The second-order valence-corrected chi connectivity index (χ2v) is 5.34. The van der Waals surface area contributed by atoms with E-state index in [9.17, 15) is 0 Å². The second kappa shape index (κ2) is 7.70. The molecule has 0 aliphatic rings. The van der Waals surface area contributed by atoms with Gasteiger partial charge in [0.1, 0.15) is 5.75 Å². The minimum Gasteiger partial charge on any atom is -0.489 e. The molecule has 0 radical (unpaired) electrons. The topological polar surface area (TPSA) is 33.6 Å². The van der Waals surface area contributed by atoms with Gasteiger partial charge in [0.05, 0.1) is 23.9 Å². The van der Waals surface area contributed by atoms with Gasteiger partial charge in [-0.3, -0.25) is 0 Å². The molecular formula is C17H19ClN2O. The summed E-state index contributed by atoms with van der Waals surface area (Å²) >= 11 is 6.18. The van der Waals surface area contributed by atoms with E-state index in [1.807, 2.05) is 50.2 Å². The number of nitrogens with zero attached hydrogens (tertiary/aromatic N) is 1. The molecule has 4 heteroatoms. The molecule has 0 atom stereocenters. The number of benzene rings is 2. The predicted octanol–water partition coefficient (Wildman–Crippen LogP) is 4.25. The van der Waals surface area contributed by atoms with E-state index >= 15 is 0 Å². The highest BCUT2D eigenvalue weighted by Crippen LogP contribution is 2.25. The molecule has 0 aromatic heterocycles. The first-order chi connectivity index (χ1) is 10.1. The van der Waals surface area contributed by atoms with Crippen molar-refractivity contribution in [2.24, 2.45) is 5.10 Å². The third-order valence-electron chi connectivity index (χ3n) is 2.75. The second-order valence-electron chi connectivity index (χ2n) is 4.94. The van der Waals surface area contributed by atoms with Gasteiger partial charge in [0, 0.05) is 0 Å². The van der Waals surface area contributed by atoms with Crippen molar-refractivity contribution < 1.29 is 4.74 Å². The lowest BCUT2D eigenvalue weighted by molar-refractivity contribution is 0.242. The van der Waals surface area contributed by atoms with Crippen LogP contribution in [0.4, 0.5) is 0 Å². The van der Waals surface area contributed by atoms with Gasteiger partial charge in [-0.05, 0) is 43.2 Å². The van der Waals surface area contributed by atoms with Gasteiger partial charge in [0.15, 0.2) is 0 Å². The van der Waals surface area contributed by atoms with Crippen LogP contribution in [0.2, 0.25) is 5.02 Å². The highest BCUT2D eigenvalue weighted by atomic mass is 35.5. The smallest absolute Gasteiger partial charge is 0.138 e. The zero-order valence-corrected chi connectivity index (χ0v) is 13.0. The maximum Gasteiger partial charge on any atom is 0.138 e. The van der Waals surface area contributed by atoms with Crippen molar-refractivity contribution >= 4 is 17.8 Å². The third kappa shape index (κ3) is 5.12. The third-order valence-corrected chi connectivity index (χ3v) is 3.04. The fraction of sp³-hybridized carbons (Fsp3) is 0.235. The lowest BCUT2D eigenvalue weighted by Gasteiger charge is -2.11. The average Bonchev–Trinajstić information content (AvgIpc) is 2.47. The van der Waals surface area contributed by atoms with Crippen molar-refractivity contribution in [1.82, 2.24) is 5.43 Å². The Morgan fingerprint density at radius 1 is 1.19 bits per heavy atom. The van der Waals surface area contributed by atoms with E-state index in [0.29, 0.717) is 17.3 Å². The molecule has 0 amide bonds. The number of nitrogens with one attached hydrogen (secondary N) is 1. The highest BCUT2D eigenvalue weighted by molar-refractivity contribution is 6.32. The summed E-state index contributed by atoms with van der Waals surface area (Å²) in [5.41, 5.74) is 5.13. The van der Waals surface area contributed by atoms with Gasteiger partial charge >= 0.3 is 0 Å². The average molecular weight is 303 g/mol. The summed E-state index contributed by atoms with van der Waals surface area (Å²) in [6.45, 7) is 4.64. The number of hydrazone groups is 1. The van der Waals surface area contributed by atoms with Crippen LogP contribution in [-0.4, -0.2) is 12.3 Å². The normalized spacial score (nSPS) is 11.0. The summed E-state index contributed by atoms with van der Waals surface area (Å²) in [6.07, 6.45) is 1.85. The van der Waals surface area contributed by atoms with Crippen LogP contribution in [0.15, 0.2) is 53.6 Å². The molecule has 21 heavy (non-hydrogen) atoms. The van der Waals surface area contributed by atoms with Gasteiger partial charge in [-0.2, -0.15) is 5.10 Å². The quantitative estimate of drug-likeness (QED) is 0.639. The van der Waals surface area contributed by atoms with Gasteiger partial charge < -0.3 is 10.2 Å². The number of rotatable bonds is 6. The Morgan fingerprint density at radius 2 is 1.95 bits per heavy atom. The molecule has 2 rings (SSSR count). The fourth-order valence-corrected chi connectivity index (χ4v) is 2.03. The lowest BCUT2D eigenvalue weighted by atomic mass is 10.2. The maximum absolute atomic E-state index is 6.18. The zero-order valence-electron chi connectivity index (χ0n) is 12.2. The molecule has 2 aromatic carbocycles. The van der Waals surface area contributed by atoms with E-state index in [4.69, 9.17) is 16.3 Å². The van der Waals surface area contributed by atoms with E-state index in [-0.39, 0.29) is 6.10 Å². The van der Waals surface area contributed by atoms with Crippen LogP contribution in [-0.2, 0) is 6.54 Å². The monoisotopic (exact) mass is 302 g/mol. The number of hydrogen-bond donors (Lipinski definition) is 1. The van der Waals surface area contributed by atoms with Gasteiger partial charge in [-0.15, -0.1) is 0 Å². The minimum atomic E-state index is 0.106. The molecule has 0 bridgehead atoms. The first kappa shape index (κ1) is 15.4. The van der Waals surface area contributed by atoms with Gasteiger partial charge in [-0.1, -0.05) is 41.9 Å². The molecule has 110 valence electrons. The minimum absolute atomic E-state index is 0.106. The summed E-state index contributed by atoms with van der Waals surface area (Å²) in [4.78, 5) is 0. The summed E-state index contributed by atoms with van der Waals surface area (Å²) in [6, 6.07) is 15.7. The van der Waals surface area contributed by atoms with Gasteiger partial charge in [0.25, 0.3) is 0 Å². The number of halogens is 1. The molecule has 0 aliphatic heterocycles. The number of hydrogen-bond acceptors (Lipinski definition) is 3. The van der Waals surface area contributed by atoms with E-state index in [1.165, 1.54) is 5.56 Å². The van der Waals surface area contributed by atoms with Crippen molar-refractivity contribution in [2.75, 3.05) is 0 Å². The van der Waals surface area contributed by atoms with Gasteiger partial charge in [0.2, 0.25) is 0 Å². The molecule has 0 unspecified atom stereocenters. The zero-order chi connectivity index (χ0) is 15.1. The summed E-state index contributed by atoms with van der Waals surface area (Å²) < 4.78 is 5.59. The molecule has 0 heterocycles. The molecule has 0 fully saturated rings. The Kier molecular flexibility index (Phi) is 5.64. The molecule has 0 saturated carbocycles. The molecule has 2 aromatic rings. The fourth-order valence-electron chi connectivity index (χ4n) is 1.80. The molecular weight excluding hydrogens is 284 g/mol. The van der Waals surface area contributed by atoms with Crippen molar-refractivity contribution in [2.45, 2.75) is 26.5 Å². The Morgan fingerprint density at radius 3 is 2.62 bits per heavy atom. The maximum atomic E-state index is 6.18. The van der Waals surface area contributed by atoms with Crippen LogP contribution >= 0.6 is 11.6 Å². The van der Waals surface area contributed by atoms with Crippen molar-refractivity contribution in [3.05, 3.63) is 64.7 Å².